The van der Waals surface area contributed by atoms with Crippen LogP contribution in [0.25, 0.3) is 5.69 Å². The average molecular weight is 285 g/mol. The maximum atomic E-state index is 12.2. The lowest BCUT2D eigenvalue weighted by Crippen LogP contribution is -2.26. The SMILES string of the molecule is O=C(NCC[C@H]1CCOC1)c1cccc(-n2cccn2)c1. The van der Waals surface area contributed by atoms with Gasteiger partial charge in [-0.15, -0.1) is 0 Å². The minimum absolute atomic E-state index is 0.0390. The molecule has 1 N–H and O–H groups in total. The molecule has 2 heterocycles. The van der Waals surface area contributed by atoms with Crippen molar-refractivity contribution in [3.8, 4) is 5.69 Å². The number of benzene rings is 1. The van der Waals surface area contributed by atoms with E-state index in [2.05, 4.69) is 10.4 Å². The maximum absolute atomic E-state index is 12.2. The van der Waals surface area contributed by atoms with Crippen LogP contribution >= 0.6 is 0 Å². The van der Waals surface area contributed by atoms with Gasteiger partial charge >= 0.3 is 0 Å². The van der Waals surface area contributed by atoms with Gasteiger partial charge in [0, 0.05) is 37.7 Å². The molecule has 21 heavy (non-hydrogen) atoms. The number of carbonyl (C=O) groups excluding carboxylic acids is 1. The van der Waals surface area contributed by atoms with E-state index < -0.39 is 0 Å². The largest absolute Gasteiger partial charge is 0.381 e. The number of amides is 1. The van der Waals surface area contributed by atoms with Crippen LogP contribution in [0.15, 0.2) is 42.7 Å². The Morgan fingerprint density at radius 3 is 3.14 bits per heavy atom. The number of hydrogen-bond donors (Lipinski definition) is 1. The number of aromatic nitrogens is 2. The highest BCUT2D eigenvalue weighted by Crippen LogP contribution is 2.15. The Labute approximate surface area is 123 Å². The van der Waals surface area contributed by atoms with Crippen molar-refractivity contribution in [2.24, 2.45) is 5.92 Å². The van der Waals surface area contributed by atoms with Crippen LogP contribution in [0.5, 0.6) is 0 Å². The molecule has 1 saturated heterocycles. The summed E-state index contributed by atoms with van der Waals surface area (Å²) in [5, 5.41) is 7.15. The van der Waals surface area contributed by atoms with E-state index in [1.165, 1.54) is 0 Å². The summed E-state index contributed by atoms with van der Waals surface area (Å²) in [6.45, 7) is 2.37. The maximum Gasteiger partial charge on any atom is 0.251 e. The third kappa shape index (κ3) is 3.49. The Hall–Kier alpha value is -2.14. The Morgan fingerprint density at radius 1 is 1.43 bits per heavy atom. The number of nitrogens with zero attached hydrogens (tertiary/aromatic N) is 2. The fourth-order valence-electron chi connectivity index (χ4n) is 2.51. The lowest BCUT2D eigenvalue weighted by Gasteiger charge is -2.09. The molecule has 1 amide bonds. The molecule has 1 aromatic heterocycles. The van der Waals surface area contributed by atoms with Gasteiger partial charge in [0.05, 0.1) is 5.69 Å². The van der Waals surface area contributed by atoms with Crippen LogP contribution in [0.4, 0.5) is 0 Å². The zero-order chi connectivity index (χ0) is 14.5. The van der Waals surface area contributed by atoms with E-state index in [-0.39, 0.29) is 5.91 Å². The lowest BCUT2D eigenvalue weighted by atomic mass is 10.1. The van der Waals surface area contributed by atoms with Crippen molar-refractivity contribution in [2.75, 3.05) is 19.8 Å². The summed E-state index contributed by atoms with van der Waals surface area (Å²) in [5.74, 6) is 0.545. The van der Waals surface area contributed by atoms with Gasteiger partial charge in [-0.2, -0.15) is 5.10 Å². The molecule has 1 atom stereocenters. The molecule has 0 spiro atoms. The highest BCUT2D eigenvalue weighted by atomic mass is 16.5. The van der Waals surface area contributed by atoms with Crippen molar-refractivity contribution < 1.29 is 9.53 Å². The van der Waals surface area contributed by atoms with E-state index in [9.17, 15) is 4.79 Å². The quantitative estimate of drug-likeness (QED) is 0.914. The minimum atomic E-state index is -0.0390. The van der Waals surface area contributed by atoms with Crippen molar-refractivity contribution in [1.29, 1.82) is 0 Å². The molecule has 5 heteroatoms. The molecule has 1 aliphatic rings. The first-order valence-electron chi connectivity index (χ1n) is 7.29. The normalized spacial score (nSPS) is 17.8. The predicted octanol–water partition coefficient (Wildman–Crippen LogP) is 2.03. The van der Waals surface area contributed by atoms with Crippen LogP contribution in [-0.4, -0.2) is 35.4 Å². The fourth-order valence-corrected chi connectivity index (χ4v) is 2.51. The summed E-state index contributed by atoms with van der Waals surface area (Å²) in [7, 11) is 0. The average Bonchev–Trinajstić information content (AvgIpc) is 3.21. The number of carbonyl (C=O) groups is 1. The standard InChI is InChI=1S/C16H19N3O2/c20-16(17-8-5-13-6-10-21-12-13)14-3-1-4-15(11-14)19-9-2-7-18-19/h1-4,7,9,11,13H,5-6,8,10,12H2,(H,17,20)/t13-/m0/s1. The van der Waals surface area contributed by atoms with Crippen molar-refractivity contribution in [1.82, 2.24) is 15.1 Å². The second kappa shape index (κ2) is 6.54. The van der Waals surface area contributed by atoms with Crippen molar-refractivity contribution >= 4 is 5.91 Å². The molecule has 0 bridgehead atoms. The van der Waals surface area contributed by atoms with Gasteiger partial charge in [-0.3, -0.25) is 4.79 Å². The molecule has 1 fully saturated rings. The Morgan fingerprint density at radius 2 is 2.38 bits per heavy atom. The van der Waals surface area contributed by atoms with Gasteiger partial charge in [0.2, 0.25) is 0 Å². The molecule has 110 valence electrons. The van der Waals surface area contributed by atoms with Crippen molar-refractivity contribution in [2.45, 2.75) is 12.8 Å². The van der Waals surface area contributed by atoms with E-state index in [0.717, 1.165) is 31.7 Å². The van der Waals surface area contributed by atoms with Gasteiger partial charge in [0.1, 0.15) is 0 Å². The van der Waals surface area contributed by atoms with E-state index in [1.807, 2.05) is 36.5 Å². The van der Waals surface area contributed by atoms with Crippen LogP contribution < -0.4 is 5.32 Å². The Bertz CT molecular complexity index is 589. The van der Waals surface area contributed by atoms with Crippen LogP contribution in [0.2, 0.25) is 0 Å². The Kier molecular flexibility index (Phi) is 4.31. The molecule has 1 aliphatic heterocycles. The van der Waals surface area contributed by atoms with E-state index in [4.69, 9.17) is 4.74 Å². The second-order valence-corrected chi connectivity index (χ2v) is 5.28. The molecule has 0 saturated carbocycles. The number of ether oxygens (including phenoxy) is 1. The molecular formula is C16H19N3O2. The minimum Gasteiger partial charge on any atom is -0.381 e. The summed E-state index contributed by atoms with van der Waals surface area (Å²) >= 11 is 0. The fraction of sp³-hybridized carbons (Fsp3) is 0.375. The first-order chi connectivity index (χ1) is 10.3. The summed E-state index contributed by atoms with van der Waals surface area (Å²) in [4.78, 5) is 12.2. The second-order valence-electron chi connectivity index (χ2n) is 5.28. The van der Waals surface area contributed by atoms with Crippen LogP contribution in [0.3, 0.4) is 0 Å². The number of nitrogens with one attached hydrogen (secondary N) is 1. The molecule has 1 aromatic carbocycles. The molecule has 0 unspecified atom stereocenters. The van der Waals surface area contributed by atoms with Gasteiger partial charge in [0.15, 0.2) is 0 Å². The summed E-state index contributed by atoms with van der Waals surface area (Å²) in [6.07, 6.45) is 5.66. The van der Waals surface area contributed by atoms with Gasteiger partial charge in [-0.25, -0.2) is 4.68 Å². The molecule has 3 rings (SSSR count). The van der Waals surface area contributed by atoms with Crippen LogP contribution in [0, 0.1) is 5.92 Å². The smallest absolute Gasteiger partial charge is 0.251 e. The molecule has 5 nitrogen and oxygen atoms in total. The van der Waals surface area contributed by atoms with E-state index >= 15 is 0 Å². The Balaban J connectivity index is 1.58. The molecule has 0 aliphatic carbocycles. The first kappa shape index (κ1) is 13.8. The molecule has 2 aromatic rings. The van der Waals surface area contributed by atoms with Crippen LogP contribution in [0.1, 0.15) is 23.2 Å². The zero-order valence-electron chi connectivity index (χ0n) is 11.9. The van der Waals surface area contributed by atoms with Crippen molar-refractivity contribution in [3.05, 3.63) is 48.3 Å². The predicted molar refractivity (Wildman–Crippen MR) is 79.4 cm³/mol. The van der Waals surface area contributed by atoms with Gasteiger partial charge in [0.25, 0.3) is 5.91 Å². The number of hydrogen-bond acceptors (Lipinski definition) is 3. The van der Waals surface area contributed by atoms with Gasteiger partial charge < -0.3 is 10.1 Å². The highest BCUT2D eigenvalue weighted by Gasteiger charge is 2.15. The number of rotatable bonds is 5. The monoisotopic (exact) mass is 285 g/mol. The third-order valence-electron chi connectivity index (χ3n) is 3.74. The molecular weight excluding hydrogens is 266 g/mol. The summed E-state index contributed by atoms with van der Waals surface area (Å²) in [6, 6.07) is 9.33. The topological polar surface area (TPSA) is 56.1 Å². The van der Waals surface area contributed by atoms with Crippen LogP contribution in [-0.2, 0) is 4.74 Å². The lowest BCUT2D eigenvalue weighted by molar-refractivity contribution is 0.0950. The third-order valence-corrected chi connectivity index (χ3v) is 3.74. The molecule has 0 radical (unpaired) electrons. The van der Waals surface area contributed by atoms with Gasteiger partial charge in [-0.1, -0.05) is 6.07 Å². The van der Waals surface area contributed by atoms with E-state index in [1.54, 1.807) is 10.9 Å². The highest BCUT2D eigenvalue weighted by molar-refractivity contribution is 5.94. The van der Waals surface area contributed by atoms with Crippen molar-refractivity contribution in [3.63, 3.8) is 0 Å². The summed E-state index contributed by atoms with van der Waals surface area (Å²) in [5.41, 5.74) is 1.54. The van der Waals surface area contributed by atoms with Gasteiger partial charge in [-0.05, 0) is 43.0 Å². The summed E-state index contributed by atoms with van der Waals surface area (Å²) < 4.78 is 7.08. The first-order valence-corrected chi connectivity index (χ1v) is 7.29. The zero-order valence-corrected chi connectivity index (χ0v) is 11.9. The van der Waals surface area contributed by atoms with E-state index in [0.29, 0.717) is 18.0 Å².